The van der Waals surface area contributed by atoms with E-state index in [0.29, 0.717) is 24.1 Å². The summed E-state index contributed by atoms with van der Waals surface area (Å²) in [4.78, 5) is 19.0. The first-order valence-corrected chi connectivity index (χ1v) is 11.2. The molecule has 0 bridgehead atoms. The van der Waals surface area contributed by atoms with E-state index in [1.807, 2.05) is 43.5 Å². The van der Waals surface area contributed by atoms with Crippen molar-refractivity contribution in [3.63, 3.8) is 0 Å². The number of benzene rings is 2. The summed E-state index contributed by atoms with van der Waals surface area (Å²) < 4.78 is 5.90. The molecule has 1 aliphatic heterocycles. The molecule has 1 heterocycles. The molecule has 2 aliphatic rings. The topological polar surface area (TPSA) is 50.7 Å². The van der Waals surface area contributed by atoms with Gasteiger partial charge in [-0.3, -0.25) is 4.79 Å². The number of carbonyl (C=O) groups excluding carboxylic acids is 1. The minimum Gasteiger partial charge on any atom is -0.475 e. The van der Waals surface area contributed by atoms with Gasteiger partial charge in [0.05, 0.1) is 28.5 Å². The van der Waals surface area contributed by atoms with Crippen LogP contribution in [0.15, 0.2) is 58.4 Å². The zero-order valence-electron chi connectivity index (χ0n) is 18.3. The smallest absolute Gasteiger partial charge is 0.233 e. The van der Waals surface area contributed by atoms with Crippen LogP contribution in [-0.4, -0.2) is 24.5 Å². The van der Waals surface area contributed by atoms with E-state index in [-0.39, 0.29) is 17.4 Å². The van der Waals surface area contributed by atoms with Gasteiger partial charge >= 0.3 is 0 Å². The number of nitrogens with zero attached hydrogens (tertiary/aromatic N) is 1. The number of rotatable bonds is 5. The minimum absolute atomic E-state index is 0.0251. The molecule has 1 aliphatic carbocycles. The normalized spacial score (nSPS) is 19.9. The second kappa shape index (κ2) is 9.07. The molecule has 0 aromatic heterocycles. The number of carbonyl (C=O) groups is 1. The Balaban J connectivity index is 1.48. The van der Waals surface area contributed by atoms with Crippen molar-refractivity contribution in [2.75, 3.05) is 11.9 Å². The molecule has 4 rings (SSSR count). The maximum atomic E-state index is 13.1. The standard InChI is InChI=1S/C26H27N2O2S/c1-17-12-14-18(15-13-17)31-22-11-7-9-20(22)24(29)27-21-10-6-5-8-19(21)25-28-23(16-30-25)26(2,3)4/h5-15,23H,16H2,1-4H3,(H,27,29)/t23-/m1/s1. The van der Waals surface area contributed by atoms with E-state index >= 15 is 0 Å². The lowest BCUT2D eigenvalue weighted by Crippen LogP contribution is -2.25. The number of amides is 1. The second-order valence-corrected chi connectivity index (χ2v) is 9.96. The maximum absolute atomic E-state index is 13.1. The molecule has 159 valence electrons. The molecular formula is C26H27N2O2S. The molecule has 5 heteroatoms. The summed E-state index contributed by atoms with van der Waals surface area (Å²) in [6.07, 6.45) is 5.74. The van der Waals surface area contributed by atoms with E-state index in [4.69, 9.17) is 9.73 Å². The van der Waals surface area contributed by atoms with Crippen molar-refractivity contribution in [1.82, 2.24) is 0 Å². The van der Waals surface area contributed by atoms with E-state index in [0.717, 1.165) is 15.7 Å². The number of hydrogen-bond acceptors (Lipinski definition) is 4. The molecule has 1 saturated carbocycles. The number of aryl methyl sites for hydroxylation is 1. The van der Waals surface area contributed by atoms with Crippen molar-refractivity contribution < 1.29 is 9.53 Å². The van der Waals surface area contributed by atoms with Crippen LogP contribution in [-0.2, 0) is 9.53 Å². The summed E-state index contributed by atoms with van der Waals surface area (Å²) in [6.45, 7) is 9.09. The Labute approximate surface area is 189 Å². The zero-order chi connectivity index (χ0) is 22.0. The van der Waals surface area contributed by atoms with Gasteiger partial charge < -0.3 is 10.1 Å². The molecule has 2 aromatic rings. The summed E-state index contributed by atoms with van der Waals surface area (Å²) >= 11 is 1.59. The molecule has 2 aromatic carbocycles. The predicted molar refractivity (Wildman–Crippen MR) is 127 cm³/mol. The van der Waals surface area contributed by atoms with Crippen molar-refractivity contribution in [1.29, 1.82) is 0 Å². The van der Waals surface area contributed by atoms with Gasteiger partial charge in [0.1, 0.15) is 6.61 Å². The molecule has 0 spiro atoms. The third-order valence-corrected chi connectivity index (χ3v) is 6.41. The van der Waals surface area contributed by atoms with Crippen molar-refractivity contribution in [2.45, 2.75) is 38.6 Å². The fourth-order valence-electron chi connectivity index (χ4n) is 3.35. The Hall–Kier alpha value is -2.27. The van der Waals surface area contributed by atoms with Crippen LogP contribution in [0.2, 0.25) is 0 Å². The van der Waals surface area contributed by atoms with Crippen molar-refractivity contribution >= 4 is 29.3 Å². The van der Waals surface area contributed by atoms with Gasteiger partial charge in [0.15, 0.2) is 0 Å². The molecule has 5 radical (unpaired) electrons. The molecular weight excluding hydrogens is 404 g/mol. The van der Waals surface area contributed by atoms with Gasteiger partial charge in [-0.25, -0.2) is 4.99 Å². The fourth-order valence-corrected chi connectivity index (χ4v) is 4.29. The largest absolute Gasteiger partial charge is 0.475 e. The molecule has 0 saturated heterocycles. The first-order chi connectivity index (χ1) is 14.8. The van der Waals surface area contributed by atoms with Crippen LogP contribution in [0.4, 0.5) is 5.69 Å². The lowest BCUT2D eigenvalue weighted by molar-refractivity contribution is -0.113. The Morgan fingerprint density at radius 3 is 2.55 bits per heavy atom. The SMILES string of the molecule is Cc1ccc(S[C]2[CH][CH][CH][C]2C(=O)Nc2ccccc2C2=N[C@@H](C(C)(C)C)CO2)cc1. The van der Waals surface area contributed by atoms with Gasteiger partial charge in [-0.15, -0.1) is 11.8 Å². The first kappa shape index (κ1) is 21.9. The van der Waals surface area contributed by atoms with E-state index in [2.05, 4.69) is 57.3 Å². The van der Waals surface area contributed by atoms with E-state index in [1.165, 1.54) is 5.56 Å². The second-order valence-electron chi connectivity index (χ2n) is 8.85. The van der Waals surface area contributed by atoms with Gasteiger partial charge in [-0.05, 0) is 55.9 Å². The van der Waals surface area contributed by atoms with Crippen LogP contribution < -0.4 is 5.32 Å². The highest BCUT2D eigenvalue weighted by Gasteiger charge is 2.37. The van der Waals surface area contributed by atoms with Gasteiger partial charge in [0.2, 0.25) is 11.8 Å². The molecule has 4 nitrogen and oxygen atoms in total. The molecule has 0 unspecified atom stereocenters. The van der Waals surface area contributed by atoms with Crippen LogP contribution in [0.5, 0.6) is 0 Å². The fraction of sp³-hybridized carbons (Fsp3) is 0.269. The van der Waals surface area contributed by atoms with Gasteiger partial charge in [0, 0.05) is 4.90 Å². The summed E-state index contributed by atoms with van der Waals surface area (Å²) in [5, 5.41) is 4.00. The van der Waals surface area contributed by atoms with Gasteiger partial charge in [-0.2, -0.15) is 0 Å². The third kappa shape index (κ3) is 5.15. The van der Waals surface area contributed by atoms with Crippen LogP contribution in [0.3, 0.4) is 0 Å². The number of thioether (sulfide) groups is 1. The lowest BCUT2D eigenvalue weighted by atomic mass is 9.88. The number of anilines is 1. The van der Waals surface area contributed by atoms with Crippen molar-refractivity contribution in [3.05, 3.63) is 90.1 Å². The van der Waals surface area contributed by atoms with Crippen molar-refractivity contribution in [3.8, 4) is 0 Å². The summed E-state index contributed by atoms with van der Waals surface area (Å²) in [7, 11) is 0. The van der Waals surface area contributed by atoms with Crippen LogP contribution >= 0.6 is 11.8 Å². The van der Waals surface area contributed by atoms with E-state index in [1.54, 1.807) is 11.8 Å². The number of ether oxygens (including phenoxy) is 1. The minimum atomic E-state index is -0.141. The Morgan fingerprint density at radius 2 is 1.84 bits per heavy atom. The predicted octanol–water partition coefficient (Wildman–Crippen LogP) is 5.65. The molecule has 1 amide bonds. The monoisotopic (exact) mass is 431 g/mol. The number of para-hydroxylation sites is 1. The molecule has 1 fully saturated rings. The van der Waals surface area contributed by atoms with E-state index in [9.17, 15) is 4.79 Å². The molecule has 1 atom stereocenters. The Bertz CT molecular complexity index is 962. The summed E-state index contributed by atoms with van der Waals surface area (Å²) in [5.41, 5.74) is 2.75. The van der Waals surface area contributed by atoms with Crippen LogP contribution in [0.25, 0.3) is 0 Å². The van der Waals surface area contributed by atoms with Crippen LogP contribution in [0, 0.1) is 42.8 Å². The average molecular weight is 432 g/mol. The van der Waals surface area contributed by atoms with Crippen LogP contribution in [0.1, 0.15) is 31.9 Å². The van der Waals surface area contributed by atoms with Gasteiger partial charge in [0.25, 0.3) is 0 Å². The average Bonchev–Trinajstić information content (AvgIpc) is 3.40. The third-order valence-electron chi connectivity index (χ3n) is 5.33. The Morgan fingerprint density at radius 1 is 1.10 bits per heavy atom. The zero-order valence-corrected chi connectivity index (χ0v) is 19.1. The molecule has 31 heavy (non-hydrogen) atoms. The molecule has 1 N–H and O–H groups in total. The maximum Gasteiger partial charge on any atom is 0.233 e. The lowest BCUT2D eigenvalue weighted by Gasteiger charge is -2.21. The van der Waals surface area contributed by atoms with Crippen molar-refractivity contribution in [2.24, 2.45) is 10.4 Å². The Kier molecular flexibility index (Phi) is 6.42. The van der Waals surface area contributed by atoms with E-state index < -0.39 is 0 Å². The highest BCUT2D eigenvalue weighted by Crippen LogP contribution is 2.45. The summed E-state index contributed by atoms with van der Waals surface area (Å²) in [5.74, 6) is 1.10. The highest BCUT2D eigenvalue weighted by atomic mass is 32.2. The quantitative estimate of drug-likeness (QED) is 0.665. The highest BCUT2D eigenvalue weighted by molar-refractivity contribution is 8.02. The first-order valence-electron chi connectivity index (χ1n) is 10.4. The van der Waals surface area contributed by atoms with Gasteiger partial charge in [-0.1, -0.05) is 50.6 Å². The number of nitrogens with one attached hydrogen (secondary N) is 1. The number of hydrogen-bond donors (Lipinski definition) is 1. The summed E-state index contributed by atoms with van der Waals surface area (Å²) in [6, 6.07) is 16.1. The number of aliphatic imine (C=N–C) groups is 1.